The molecule has 1 aliphatic heterocycles. The van der Waals surface area contributed by atoms with Gasteiger partial charge in [-0.05, 0) is 60.7 Å². The number of ether oxygens (including phenoxy) is 1. The highest BCUT2D eigenvalue weighted by Crippen LogP contribution is 2.38. The van der Waals surface area contributed by atoms with Gasteiger partial charge in [-0.25, -0.2) is 9.59 Å². The van der Waals surface area contributed by atoms with E-state index in [-0.39, 0.29) is 0 Å². The van der Waals surface area contributed by atoms with Crippen molar-refractivity contribution in [2.45, 2.75) is 23.6 Å². The van der Waals surface area contributed by atoms with E-state index in [1.807, 2.05) is 18.2 Å². The molecule has 1 aliphatic rings. The summed E-state index contributed by atoms with van der Waals surface area (Å²) < 4.78 is 4.81. The maximum Gasteiger partial charge on any atom is 0.346 e. The van der Waals surface area contributed by atoms with E-state index < -0.39 is 11.9 Å². The molecule has 0 aromatic heterocycles. The van der Waals surface area contributed by atoms with Crippen molar-refractivity contribution >= 4 is 34.5 Å². The van der Waals surface area contributed by atoms with Gasteiger partial charge in [0.2, 0.25) is 0 Å². The summed E-state index contributed by atoms with van der Waals surface area (Å²) in [5, 5.41) is 1.59. The zero-order chi connectivity index (χ0) is 16.8. The third kappa shape index (κ3) is 2.31. The van der Waals surface area contributed by atoms with Crippen molar-refractivity contribution in [3.05, 3.63) is 70.8 Å². The van der Waals surface area contributed by atoms with Crippen molar-refractivity contribution in [3.8, 4) is 0 Å². The van der Waals surface area contributed by atoms with Crippen LogP contribution in [0.1, 0.15) is 31.8 Å². The molecule has 0 radical (unpaired) electrons. The van der Waals surface area contributed by atoms with Crippen LogP contribution in [0.3, 0.4) is 0 Å². The highest BCUT2D eigenvalue weighted by atomic mass is 32.2. The van der Waals surface area contributed by atoms with Crippen LogP contribution in [0.2, 0.25) is 0 Å². The number of rotatable bonds is 2. The van der Waals surface area contributed by atoms with Crippen LogP contribution in [0.5, 0.6) is 0 Å². The second kappa shape index (κ2) is 5.49. The molecule has 0 aliphatic carbocycles. The molecule has 0 unspecified atom stereocenters. The molecule has 0 saturated carbocycles. The van der Waals surface area contributed by atoms with Gasteiger partial charge in [-0.1, -0.05) is 30.0 Å². The molecule has 0 bridgehead atoms. The molecular formula is C20H14O3S. The van der Waals surface area contributed by atoms with Crippen molar-refractivity contribution in [1.82, 2.24) is 0 Å². The van der Waals surface area contributed by atoms with Crippen LogP contribution in [0.25, 0.3) is 10.8 Å². The topological polar surface area (TPSA) is 43.4 Å². The van der Waals surface area contributed by atoms with Gasteiger partial charge in [0.1, 0.15) is 0 Å². The molecule has 3 aromatic rings. The average Bonchev–Trinajstić information content (AvgIpc) is 2.57. The fraction of sp³-hybridized carbons (Fsp3) is 0.100. The van der Waals surface area contributed by atoms with Gasteiger partial charge in [-0.15, -0.1) is 0 Å². The summed E-state index contributed by atoms with van der Waals surface area (Å²) in [6, 6.07) is 15.5. The first kappa shape index (κ1) is 15.0. The Morgan fingerprint density at radius 3 is 2.33 bits per heavy atom. The third-order valence-electron chi connectivity index (χ3n) is 4.33. The van der Waals surface area contributed by atoms with E-state index in [1.165, 1.54) is 11.1 Å². The first-order chi connectivity index (χ1) is 11.5. The first-order valence-electron chi connectivity index (χ1n) is 7.62. The smallest absolute Gasteiger partial charge is 0.346 e. The Kier molecular flexibility index (Phi) is 3.43. The molecular weight excluding hydrogens is 320 g/mol. The SMILES string of the molecule is Cc1ccc(Sc2ccc3c4c(cccc24)C(=O)OC3=O)cc1C. The average molecular weight is 334 g/mol. The molecule has 0 spiro atoms. The Morgan fingerprint density at radius 2 is 1.58 bits per heavy atom. The fourth-order valence-electron chi connectivity index (χ4n) is 2.91. The number of hydrogen-bond acceptors (Lipinski definition) is 4. The number of carbonyl (C=O) groups excluding carboxylic acids is 2. The number of benzene rings is 3. The highest BCUT2D eigenvalue weighted by Gasteiger charge is 2.27. The normalized spacial score (nSPS) is 13.2. The Balaban J connectivity index is 1.89. The van der Waals surface area contributed by atoms with Crippen molar-refractivity contribution in [2.75, 3.05) is 0 Å². The third-order valence-corrected chi connectivity index (χ3v) is 5.40. The van der Waals surface area contributed by atoms with Crippen molar-refractivity contribution in [1.29, 1.82) is 0 Å². The van der Waals surface area contributed by atoms with Crippen LogP contribution in [0.15, 0.2) is 58.3 Å². The number of cyclic esters (lactones) is 2. The summed E-state index contributed by atoms with van der Waals surface area (Å²) in [4.78, 5) is 26.1. The van der Waals surface area contributed by atoms with E-state index in [0.29, 0.717) is 16.5 Å². The zero-order valence-electron chi connectivity index (χ0n) is 13.3. The second-order valence-electron chi connectivity index (χ2n) is 5.86. The molecule has 0 atom stereocenters. The summed E-state index contributed by atoms with van der Waals surface area (Å²) in [6.07, 6.45) is 0. The highest BCUT2D eigenvalue weighted by molar-refractivity contribution is 7.99. The fourth-order valence-corrected chi connectivity index (χ4v) is 3.95. The first-order valence-corrected chi connectivity index (χ1v) is 8.43. The molecule has 4 rings (SSSR count). The molecule has 118 valence electrons. The molecule has 24 heavy (non-hydrogen) atoms. The molecule has 0 N–H and O–H groups in total. The van der Waals surface area contributed by atoms with E-state index in [2.05, 4.69) is 32.0 Å². The van der Waals surface area contributed by atoms with Crippen LogP contribution >= 0.6 is 11.8 Å². The van der Waals surface area contributed by atoms with E-state index in [9.17, 15) is 9.59 Å². The predicted octanol–water partition coefficient (Wildman–Crippen LogP) is 4.92. The minimum Gasteiger partial charge on any atom is -0.386 e. The van der Waals surface area contributed by atoms with Gasteiger partial charge in [0, 0.05) is 15.2 Å². The standard InChI is InChI=1S/C20H14O3S/c1-11-6-7-13(10-12(11)2)24-17-9-8-16-18-14(17)4-3-5-15(18)19(21)23-20(16)22/h3-10H,1-2H3. The second-order valence-corrected chi connectivity index (χ2v) is 6.98. The Bertz CT molecular complexity index is 1000. The van der Waals surface area contributed by atoms with E-state index in [4.69, 9.17) is 4.74 Å². The Morgan fingerprint density at radius 1 is 0.833 bits per heavy atom. The Hall–Kier alpha value is -2.59. The molecule has 3 aromatic carbocycles. The minimum absolute atomic E-state index is 0.449. The lowest BCUT2D eigenvalue weighted by Crippen LogP contribution is -2.19. The molecule has 1 heterocycles. The van der Waals surface area contributed by atoms with Crippen LogP contribution in [-0.4, -0.2) is 11.9 Å². The predicted molar refractivity (Wildman–Crippen MR) is 93.7 cm³/mol. The maximum absolute atomic E-state index is 12.0. The van der Waals surface area contributed by atoms with Gasteiger partial charge in [0.25, 0.3) is 0 Å². The van der Waals surface area contributed by atoms with Crippen molar-refractivity contribution < 1.29 is 14.3 Å². The maximum atomic E-state index is 12.0. The lowest BCUT2D eigenvalue weighted by Gasteiger charge is -2.17. The van der Waals surface area contributed by atoms with E-state index in [1.54, 1.807) is 23.9 Å². The minimum atomic E-state index is -0.577. The van der Waals surface area contributed by atoms with Crippen molar-refractivity contribution in [2.24, 2.45) is 0 Å². The van der Waals surface area contributed by atoms with Crippen LogP contribution in [0, 0.1) is 13.8 Å². The van der Waals surface area contributed by atoms with Gasteiger partial charge < -0.3 is 4.74 Å². The van der Waals surface area contributed by atoms with Gasteiger partial charge in [0.15, 0.2) is 0 Å². The summed E-state index contributed by atoms with van der Waals surface area (Å²) in [5.74, 6) is -1.15. The van der Waals surface area contributed by atoms with E-state index >= 15 is 0 Å². The van der Waals surface area contributed by atoms with E-state index in [0.717, 1.165) is 15.2 Å². The van der Waals surface area contributed by atoms with Crippen LogP contribution in [0.4, 0.5) is 0 Å². The molecule has 0 saturated heterocycles. The van der Waals surface area contributed by atoms with Gasteiger partial charge in [-0.3, -0.25) is 0 Å². The van der Waals surface area contributed by atoms with Crippen LogP contribution in [-0.2, 0) is 4.74 Å². The number of esters is 2. The lowest BCUT2D eigenvalue weighted by molar-refractivity contribution is 0.0391. The summed E-state index contributed by atoms with van der Waals surface area (Å²) in [7, 11) is 0. The van der Waals surface area contributed by atoms with Gasteiger partial charge in [-0.2, -0.15) is 0 Å². The molecule has 3 nitrogen and oxygen atoms in total. The number of aryl methyl sites for hydroxylation is 2. The lowest BCUT2D eigenvalue weighted by atomic mass is 9.97. The monoisotopic (exact) mass is 334 g/mol. The van der Waals surface area contributed by atoms with Crippen LogP contribution < -0.4 is 0 Å². The quantitative estimate of drug-likeness (QED) is 0.493. The largest absolute Gasteiger partial charge is 0.386 e. The zero-order valence-corrected chi connectivity index (χ0v) is 14.1. The van der Waals surface area contributed by atoms with Crippen molar-refractivity contribution in [3.63, 3.8) is 0 Å². The number of hydrogen-bond donors (Lipinski definition) is 0. The number of carbonyl (C=O) groups is 2. The van der Waals surface area contributed by atoms with Gasteiger partial charge >= 0.3 is 11.9 Å². The molecule has 4 heteroatoms. The Labute approximate surface area is 143 Å². The molecule has 0 fully saturated rings. The molecule has 0 amide bonds. The van der Waals surface area contributed by atoms with Gasteiger partial charge in [0.05, 0.1) is 11.1 Å². The summed E-state index contributed by atoms with van der Waals surface area (Å²) in [5.41, 5.74) is 3.39. The summed E-state index contributed by atoms with van der Waals surface area (Å²) >= 11 is 1.63. The summed E-state index contributed by atoms with van der Waals surface area (Å²) in [6.45, 7) is 4.18.